The first kappa shape index (κ1) is 24.8. The molecule has 0 unspecified atom stereocenters. The Labute approximate surface area is 206 Å². The average Bonchev–Trinajstić information content (AvgIpc) is 3.12. The van der Waals surface area contributed by atoms with Crippen LogP contribution in [0.3, 0.4) is 0 Å². The molecule has 35 heavy (non-hydrogen) atoms. The highest BCUT2D eigenvalue weighted by molar-refractivity contribution is 6.16. The summed E-state index contributed by atoms with van der Waals surface area (Å²) in [6.07, 6.45) is 1.56. The molecule has 186 valence electrons. The van der Waals surface area contributed by atoms with Crippen LogP contribution in [-0.4, -0.2) is 48.5 Å². The number of hydrogen-bond acceptors (Lipinski definition) is 6. The third kappa shape index (κ3) is 5.19. The minimum Gasteiger partial charge on any atom is -0.490 e. The maximum atomic E-state index is 12.5. The van der Waals surface area contributed by atoms with Crippen molar-refractivity contribution < 1.29 is 23.8 Å². The number of fused-ring (bicyclic) bond motifs is 3. The topological polar surface area (TPSA) is 86.2 Å². The molecule has 0 spiro atoms. The van der Waals surface area contributed by atoms with Crippen molar-refractivity contribution in [1.29, 1.82) is 0 Å². The fourth-order valence-corrected chi connectivity index (χ4v) is 4.79. The molecule has 2 heterocycles. The summed E-state index contributed by atoms with van der Waals surface area (Å²) < 4.78 is 17.2. The summed E-state index contributed by atoms with van der Waals surface area (Å²) >= 11 is 0. The predicted octanol–water partition coefficient (Wildman–Crippen LogP) is 4.26. The molecule has 2 aliphatic heterocycles. The van der Waals surface area contributed by atoms with Crippen LogP contribution in [0.15, 0.2) is 35.3 Å². The molecule has 0 aromatic heterocycles. The average molecular weight is 479 g/mol. The quantitative estimate of drug-likeness (QED) is 0.601. The van der Waals surface area contributed by atoms with Gasteiger partial charge >= 0.3 is 5.97 Å². The van der Waals surface area contributed by atoms with Crippen LogP contribution in [0.1, 0.15) is 74.2 Å². The SMILES string of the molecule is CCOC(=O)CNC(=O)c1ccc(C2=NC(C)(C)Cc3cc(OCC)c4c(c32)CC(C)(C)O4)cc1. The van der Waals surface area contributed by atoms with Crippen molar-refractivity contribution in [1.82, 2.24) is 5.32 Å². The third-order valence-corrected chi connectivity index (χ3v) is 6.10. The molecule has 7 nitrogen and oxygen atoms in total. The summed E-state index contributed by atoms with van der Waals surface area (Å²) in [7, 11) is 0. The summed E-state index contributed by atoms with van der Waals surface area (Å²) in [5.74, 6) is 0.807. The molecule has 0 atom stereocenters. The lowest BCUT2D eigenvalue weighted by atomic mass is 9.81. The summed E-state index contributed by atoms with van der Waals surface area (Å²) in [5, 5.41) is 2.60. The van der Waals surface area contributed by atoms with E-state index in [1.54, 1.807) is 19.1 Å². The predicted molar refractivity (Wildman–Crippen MR) is 135 cm³/mol. The number of benzene rings is 2. The molecule has 1 N–H and O–H groups in total. The fraction of sp³-hybridized carbons (Fsp3) is 0.464. The lowest BCUT2D eigenvalue weighted by molar-refractivity contribution is -0.141. The normalized spacial score (nSPS) is 16.9. The Kier molecular flexibility index (Phi) is 6.62. The van der Waals surface area contributed by atoms with Crippen molar-refractivity contribution in [3.8, 4) is 11.5 Å². The van der Waals surface area contributed by atoms with E-state index in [-0.39, 0.29) is 30.2 Å². The van der Waals surface area contributed by atoms with Crippen molar-refractivity contribution in [2.45, 2.75) is 65.5 Å². The minimum absolute atomic E-state index is 0.160. The Morgan fingerprint density at radius 3 is 2.43 bits per heavy atom. The number of esters is 1. The first-order valence-corrected chi connectivity index (χ1v) is 12.2. The number of ether oxygens (including phenoxy) is 3. The number of carbonyl (C=O) groups is 2. The van der Waals surface area contributed by atoms with Gasteiger partial charge in [0.25, 0.3) is 5.91 Å². The summed E-state index contributed by atoms with van der Waals surface area (Å²) in [6.45, 7) is 12.8. The largest absolute Gasteiger partial charge is 0.490 e. The minimum atomic E-state index is -0.460. The molecule has 2 aliphatic rings. The highest BCUT2D eigenvalue weighted by atomic mass is 16.5. The molecule has 2 aromatic carbocycles. The third-order valence-electron chi connectivity index (χ3n) is 6.10. The number of nitrogens with zero attached hydrogens (tertiary/aromatic N) is 1. The van der Waals surface area contributed by atoms with Crippen LogP contribution in [0, 0.1) is 0 Å². The van der Waals surface area contributed by atoms with Gasteiger partial charge in [-0.25, -0.2) is 0 Å². The highest BCUT2D eigenvalue weighted by Crippen LogP contribution is 2.48. The molecule has 0 radical (unpaired) electrons. The van der Waals surface area contributed by atoms with E-state index in [0.717, 1.165) is 46.7 Å². The maximum Gasteiger partial charge on any atom is 0.325 e. The van der Waals surface area contributed by atoms with Crippen LogP contribution in [-0.2, 0) is 22.4 Å². The number of hydrogen-bond donors (Lipinski definition) is 1. The number of amides is 1. The molecule has 7 heteroatoms. The standard InChI is InChI=1S/C28H34N2O5/c1-7-33-21-13-19-14-27(3,4)30-24(23(19)20-15-28(5,6)35-25(20)21)17-9-11-18(12-10-17)26(32)29-16-22(31)34-8-2/h9-13H,7-8,14-16H2,1-6H3,(H,29,32). The van der Waals surface area contributed by atoms with Gasteiger partial charge in [-0.05, 0) is 71.7 Å². The summed E-state index contributed by atoms with van der Waals surface area (Å²) in [6, 6.07) is 9.44. The van der Waals surface area contributed by atoms with Crippen LogP contribution >= 0.6 is 0 Å². The van der Waals surface area contributed by atoms with Gasteiger partial charge in [-0.15, -0.1) is 0 Å². The van der Waals surface area contributed by atoms with Gasteiger partial charge in [0.05, 0.1) is 24.5 Å². The van der Waals surface area contributed by atoms with E-state index in [0.29, 0.717) is 12.2 Å². The lowest BCUT2D eigenvalue weighted by Crippen LogP contribution is -2.31. The molecule has 0 saturated carbocycles. The van der Waals surface area contributed by atoms with E-state index in [9.17, 15) is 9.59 Å². The molecule has 2 aromatic rings. The van der Waals surface area contributed by atoms with Crippen molar-refractivity contribution in [3.05, 3.63) is 58.1 Å². The first-order chi connectivity index (χ1) is 16.5. The van der Waals surface area contributed by atoms with Crippen molar-refractivity contribution in [3.63, 3.8) is 0 Å². The van der Waals surface area contributed by atoms with E-state index >= 15 is 0 Å². The van der Waals surface area contributed by atoms with Crippen LogP contribution < -0.4 is 14.8 Å². The first-order valence-electron chi connectivity index (χ1n) is 12.2. The molecule has 0 bridgehead atoms. The lowest BCUT2D eigenvalue weighted by Gasteiger charge is -2.31. The molecular formula is C28H34N2O5. The summed E-state index contributed by atoms with van der Waals surface area (Å²) in [5.41, 5.74) is 5.10. The number of rotatable bonds is 7. The Bertz CT molecular complexity index is 1180. The van der Waals surface area contributed by atoms with E-state index in [2.05, 4.69) is 39.1 Å². The van der Waals surface area contributed by atoms with E-state index in [1.807, 2.05) is 19.1 Å². The van der Waals surface area contributed by atoms with Gasteiger partial charge in [0, 0.05) is 28.7 Å². The van der Waals surface area contributed by atoms with E-state index in [4.69, 9.17) is 19.2 Å². The van der Waals surface area contributed by atoms with Crippen molar-refractivity contribution in [2.24, 2.45) is 4.99 Å². The summed E-state index contributed by atoms with van der Waals surface area (Å²) in [4.78, 5) is 29.2. The zero-order valence-electron chi connectivity index (χ0n) is 21.4. The van der Waals surface area contributed by atoms with Gasteiger partial charge in [-0.1, -0.05) is 12.1 Å². The van der Waals surface area contributed by atoms with Gasteiger partial charge in [0.1, 0.15) is 12.1 Å². The van der Waals surface area contributed by atoms with Gasteiger partial charge in [0.15, 0.2) is 11.5 Å². The Hall–Kier alpha value is -3.35. The number of carbonyl (C=O) groups excluding carboxylic acids is 2. The second-order valence-corrected chi connectivity index (χ2v) is 10.2. The number of nitrogens with one attached hydrogen (secondary N) is 1. The smallest absolute Gasteiger partial charge is 0.325 e. The monoisotopic (exact) mass is 478 g/mol. The van der Waals surface area contributed by atoms with Crippen LogP contribution in [0.25, 0.3) is 0 Å². The maximum absolute atomic E-state index is 12.5. The van der Waals surface area contributed by atoms with Gasteiger partial charge in [0.2, 0.25) is 0 Å². The van der Waals surface area contributed by atoms with Gasteiger partial charge in [-0.3, -0.25) is 14.6 Å². The molecular weight excluding hydrogens is 444 g/mol. The Morgan fingerprint density at radius 1 is 1.06 bits per heavy atom. The number of aliphatic imine (C=N–C) groups is 1. The zero-order chi connectivity index (χ0) is 25.4. The molecule has 1 amide bonds. The van der Waals surface area contributed by atoms with E-state index < -0.39 is 5.97 Å². The van der Waals surface area contributed by atoms with Crippen LogP contribution in [0.5, 0.6) is 11.5 Å². The fourth-order valence-electron chi connectivity index (χ4n) is 4.79. The van der Waals surface area contributed by atoms with Crippen molar-refractivity contribution >= 4 is 17.6 Å². The van der Waals surface area contributed by atoms with Crippen molar-refractivity contribution in [2.75, 3.05) is 19.8 Å². The van der Waals surface area contributed by atoms with E-state index in [1.165, 1.54) is 5.56 Å². The van der Waals surface area contributed by atoms with Gasteiger partial charge < -0.3 is 19.5 Å². The Balaban J connectivity index is 1.70. The highest BCUT2D eigenvalue weighted by Gasteiger charge is 2.39. The molecule has 0 aliphatic carbocycles. The second kappa shape index (κ2) is 9.36. The zero-order valence-corrected chi connectivity index (χ0v) is 21.4. The molecule has 0 fully saturated rings. The molecule has 0 saturated heterocycles. The Morgan fingerprint density at radius 2 is 1.77 bits per heavy atom. The second-order valence-electron chi connectivity index (χ2n) is 10.2. The molecule has 4 rings (SSSR count). The van der Waals surface area contributed by atoms with Crippen LogP contribution in [0.2, 0.25) is 0 Å². The van der Waals surface area contributed by atoms with Gasteiger partial charge in [-0.2, -0.15) is 0 Å². The van der Waals surface area contributed by atoms with Crippen LogP contribution in [0.4, 0.5) is 0 Å².